The first-order chi connectivity index (χ1) is 13.9. The molecule has 0 aliphatic rings. The molecule has 1 aromatic heterocycles. The Morgan fingerprint density at radius 3 is 2.10 bits per heavy atom. The van der Waals surface area contributed by atoms with Crippen LogP contribution in [-0.2, 0) is 23.8 Å². The zero-order chi connectivity index (χ0) is 24.0. The Morgan fingerprint density at radius 1 is 1.03 bits per heavy atom. The summed E-state index contributed by atoms with van der Waals surface area (Å²) in [6.45, 7) is 0. The van der Waals surface area contributed by atoms with Crippen LogP contribution in [0.15, 0.2) is 29.2 Å². The Labute approximate surface area is 169 Å². The Hall–Kier alpha value is -2.63. The largest absolute Gasteiger partial charge is 0.460 e. The first kappa shape index (κ1) is 24.6. The fraction of sp³-hybridized carbons (Fsp3) is 0.375. The second-order valence-electron chi connectivity index (χ2n) is 6.11. The van der Waals surface area contributed by atoms with Gasteiger partial charge >= 0.3 is 24.2 Å². The number of rotatable bonds is 5. The Bertz CT molecular complexity index is 1050. The van der Waals surface area contributed by atoms with Gasteiger partial charge in [-0.3, -0.25) is 8.89 Å². The van der Waals surface area contributed by atoms with Gasteiger partial charge in [0.1, 0.15) is 17.5 Å². The van der Waals surface area contributed by atoms with Gasteiger partial charge in [-0.15, -0.1) is 0 Å². The van der Waals surface area contributed by atoms with E-state index in [4.69, 9.17) is 5.26 Å². The molecule has 0 amide bonds. The average molecular weight is 481 g/mol. The minimum absolute atomic E-state index is 0.192. The molecule has 0 aliphatic carbocycles. The minimum atomic E-state index is -6.59. The predicted molar refractivity (Wildman–Crippen MR) is 85.6 cm³/mol. The molecule has 1 aromatic carbocycles. The van der Waals surface area contributed by atoms with Gasteiger partial charge < -0.3 is 0 Å². The molecule has 1 heterocycles. The number of hydrogen-bond donors (Lipinski definition) is 0. The standard InChI is InChI=1S/C16H9F10N3OS/c1-29-10(5-12(28-29)14(20,21)15(22,23)16(24,25)26)8-2-3-9(6-27)11(4-8)31(30)7-13(17,18)19/h2-5H,7H2,1H3. The van der Waals surface area contributed by atoms with Gasteiger partial charge in [0, 0.05) is 12.6 Å². The Morgan fingerprint density at radius 2 is 1.61 bits per heavy atom. The molecule has 4 nitrogen and oxygen atoms in total. The van der Waals surface area contributed by atoms with Gasteiger partial charge in [-0.2, -0.15) is 54.3 Å². The van der Waals surface area contributed by atoms with Crippen LogP contribution in [0.2, 0.25) is 0 Å². The highest BCUT2D eigenvalue weighted by molar-refractivity contribution is 7.85. The van der Waals surface area contributed by atoms with E-state index in [1.165, 1.54) is 6.07 Å². The number of alkyl halides is 10. The fourth-order valence-corrected chi connectivity index (χ4v) is 3.49. The SMILES string of the molecule is Cn1nc(C(F)(F)C(F)(F)C(F)(F)F)cc1-c1ccc(C#N)c(S(=O)CC(F)(F)F)c1. The molecule has 31 heavy (non-hydrogen) atoms. The monoisotopic (exact) mass is 481 g/mol. The molecule has 0 saturated heterocycles. The molecule has 0 fully saturated rings. The summed E-state index contributed by atoms with van der Waals surface area (Å²) in [4.78, 5) is -0.632. The molecule has 0 saturated carbocycles. The van der Waals surface area contributed by atoms with Gasteiger partial charge in [0.2, 0.25) is 0 Å². The van der Waals surface area contributed by atoms with Crippen LogP contribution in [0.5, 0.6) is 0 Å². The van der Waals surface area contributed by atoms with E-state index >= 15 is 0 Å². The maximum atomic E-state index is 13.9. The van der Waals surface area contributed by atoms with Crippen LogP contribution >= 0.6 is 0 Å². The lowest BCUT2D eigenvalue weighted by molar-refractivity contribution is -0.360. The molecule has 1 unspecified atom stereocenters. The number of halogens is 10. The number of aromatic nitrogens is 2. The molecule has 1 atom stereocenters. The van der Waals surface area contributed by atoms with Gasteiger partial charge in [-0.1, -0.05) is 6.07 Å². The van der Waals surface area contributed by atoms with Crippen molar-refractivity contribution in [2.45, 2.75) is 29.1 Å². The molecular formula is C16H9F10N3OS. The van der Waals surface area contributed by atoms with E-state index in [9.17, 15) is 48.1 Å². The van der Waals surface area contributed by atoms with Crippen molar-refractivity contribution in [2.24, 2.45) is 7.05 Å². The minimum Gasteiger partial charge on any atom is -0.267 e. The van der Waals surface area contributed by atoms with Crippen LogP contribution in [0.25, 0.3) is 11.3 Å². The molecule has 15 heteroatoms. The Kier molecular flexibility index (Phi) is 6.21. The molecule has 0 spiro atoms. The van der Waals surface area contributed by atoms with Gasteiger partial charge in [-0.25, -0.2) is 0 Å². The van der Waals surface area contributed by atoms with Crippen LogP contribution in [0.3, 0.4) is 0 Å². The van der Waals surface area contributed by atoms with Crippen LogP contribution < -0.4 is 0 Å². The second-order valence-corrected chi connectivity index (χ2v) is 7.53. The summed E-state index contributed by atoms with van der Waals surface area (Å²) in [5, 5.41) is 12.0. The number of aryl methyl sites for hydroxylation is 1. The lowest BCUT2D eigenvalue weighted by Crippen LogP contribution is -2.50. The van der Waals surface area contributed by atoms with Crippen molar-refractivity contribution in [2.75, 3.05) is 5.75 Å². The van der Waals surface area contributed by atoms with E-state index in [1.54, 1.807) is 0 Å². The summed E-state index contributed by atoms with van der Waals surface area (Å²) in [5.41, 5.74) is -3.18. The zero-order valence-electron chi connectivity index (χ0n) is 15.0. The summed E-state index contributed by atoms with van der Waals surface area (Å²) >= 11 is 0. The molecule has 0 radical (unpaired) electrons. The predicted octanol–water partition coefficient (Wildman–Crippen LogP) is 4.92. The maximum Gasteiger partial charge on any atom is 0.460 e. The summed E-state index contributed by atoms with van der Waals surface area (Å²) in [6, 6.07) is 4.33. The highest BCUT2D eigenvalue weighted by Crippen LogP contribution is 2.51. The average Bonchev–Trinajstić information content (AvgIpc) is 3.01. The maximum absolute atomic E-state index is 13.9. The van der Waals surface area contributed by atoms with E-state index in [2.05, 4.69) is 5.10 Å². The van der Waals surface area contributed by atoms with Crippen molar-refractivity contribution in [1.29, 1.82) is 5.26 Å². The third-order valence-corrected chi connectivity index (χ3v) is 5.31. The van der Waals surface area contributed by atoms with Gasteiger partial charge in [0.15, 0.2) is 0 Å². The lowest BCUT2D eigenvalue weighted by atomic mass is 10.1. The third-order valence-electron chi connectivity index (χ3n) is 3.89. The smallest absolute Gasteiger partial charge is 0.267 e. The first-order valence-corrected chi connectivity index (χ1v) is 9.11. The lowest BCUT2D eigenvalue weighted by Gasteiger charge is -2.26. The number of hydrogen-bond acceptors (Lipinski definition) is 3. The molecule has 0 aliphatic heterocycles. The molecule has 0 bridgehead atoms. The van der Waals surface area contributed by atoms with E-state index in [-0.39, 0.29) is 11.6 Å². The van der Waals surface area contributed by atoms with E-state index in [0.29, 0.717) is 4.68 Å². The quantitative estimate of drug-likeness (QED) is 0.570. The van der Waals surface area contributed by atoms with Crippen molar-refractivity contribution in [3.05, 3.63) is 35.5 Å². The normalized spacial score (nSPS) is 14.4. The number of nitriles is 1. The summed E-state index contributed by atoms with van der Waals surface area (Å²) < 4.78 is 141. The second kappa shape index (κ2) is 7.81. The topological polar surface area (TPSA) is 58.7 Å². The van der Waals surface area contributed by atoms with Gasteiger partial charge in [0.25, 0.3) is 0 Å². The molecular weight excluding hydrogens is 472 g/mol. The molecule has 170 valence electrons. The summed E-state index contributed by atoms with van der Waals surface area (Å²) in [7, 11) is -1.88. The van der Waals surface area contributed by atoms with E-state index < -0.39 is 62.6 Å². The molecule has 2 aromatic rings. The van der Waals surface area contributed by atoms with Crippen LogP contribution in [0.1, 0.15) is 11.3 Å². The van der Waals surface area contributed by atoms with Crippen molar-refractivity contribution in [1.82, 2.24) is 9.78 Å². The summed E-state index contributed by atoms with van der Waals surface area (Å²) in [5.74, 6) is -14.1. The fourth-order valence-electron chi connectivity index (χ4n) is 2.42. The van der Waals surface area contributed by atoms with Crippen molar-refractivity contribution >= 4 is 10.8 Å². The molecule has 0 N–H and O–H groups in total. The van der Waals surface area contributed by atoms with E-state index in [0.717, 1.165) is 25.2 Å². The first-order valence-electron chi connectivity index (χ1n) is 7.79. The third kappa shape index (κ3) is 4.68. The molecule has 2 rings (SSSR count). The van der Waals surface area contributed by atoms with Crippen molar-refractivity contribution in [3.8, 4) is 17.3 Å². The highest BCUT2D eigenvalue weighted by Gasteiger charge is 2.74. The number of benzene rings is 1. The highest BCUT2D eigenvalue weighted by atomic mass is 32.2. The number of nitrogens with zero attached hydrogens (tertiary/aromatic N) is 3. The Balaban J connectivity index is 2.57. The zero-order valence-corrected chi connectivity index (χ0v) is 15.8. The van der Waals surface area contributed by atoms with Gasteiger partial charge in [-0.05, 0) is 18.2 Å². The van der Waals surface area contributed by atoms with Gasteiger partial charge in [0.05, 0.1) is 27.0 Å². The van der Waals surface area contributed by atoms with E-state index in [1.807, 2.05) is 0 Å². The van der Waals surface area contributed by atoms with Crippen molar-refractivity contribution in [3.63, 3.8) is 0 Å². The summed E-state index contributed by atoms with van der Waals surface area (Å²) in [6.07, 6.45) is -11.5. The van der Waals surface area contributed by atoms with Crippen LogP contribution in [-0.4, -0.2) is 38.0 Å². The van der Waals surface area contributed by atoms with Crippen molar-refractivity contribution < 1.29 is 48.1 Å². The van der Waals surface area contributed by atoms with Crippen LogP contribution in [0, 0.1) is 11.3 Å². The van der Waals surface area contributed by atoms with Crippen LogP contribution in [0.4, 0.5) is 43.9 Å².